The molecule has 0 aromatic carbocycles. The van der Waals surface area contributed by atoms with Gasteiger partial charge in [0, 0.05) is 17.2 Å². The van der Waals surface area contributed by atoms with Crippen LogP contribution in [0.5, 0.6) is 5.88 Å². The summed E-state index contributed by atoms with van der Waals surface area (Å²) in [5.74, 6) is 0.634. The molecule has 0 saturated carbocycles. The number of ether oxygens (including phenoxy) is 1. The molecule has 3 nitrogen and oxygen atoms in total. The molecule has 1 aromatic rings. The van der Waals surface area contributed by atoms with Crippen LogP contribution in [0.25, 0.3) is 0 Å². The van der Waals surface area contributed by atoms with Crippen molar-refractivity contribution in [3.05, 3.63) is 21.2 Å². The molecule has 1 rings (SSSR count). The van der Waals surface area contributed by atoms with Crippen molar-refractivity contribution in [2.75, 3.05) is 27.2 Å². The van der Waals surface area contributed by atoms with E-state index in [1.807, 2.05) is 20.2 Å². The Morgan fingerprint density at radius 3 is 2.71 bits per heavy atom. The second kappa shape index (κ2) is 5.68. The molecule has 0 aliphatic rings. The highest BCUT2D eigenvalue weighted by Crippen LogP contribution is 2.25. The van der Waals surface area contributed by atoms with Crippen molar-refractivity contribution in [2.45, 2.75) is 0 Å². The smallest absolute Gasteiger partial charge is 0.228 e. The summed E-state index contributed by atoms with van der Waals surface area (Å²) in [4.78, 5) is 6.20. The summed E-state index contributed by atoms with van der Waals surface area (Å²) in [6.45, 7) is 1.52. The van der Waals surface area contributed by atoms with Gasteiger partial charge >= 0.3 is 0 Å². The van der Waals surface area contributed by atoms with Crippen LogP contribution in [0.2, 0.25) is 0 Å². The molecule has 1 aromatic heterocycles. The molecule has 0 N–H and O–H groups in total. The zero-order valence-corrected chi connectivity index (χ0v) is 11.3. The number of nitrogens with zero attached hydrogens (tertiary/aromatic N) is 2. The minimum atomic E-state index is 0.634. The molecule has 0 fully saturated rings. The molecule has 1 heterocycles. The fraction of sp³-hybridized carbons (Fsp3) is 0.444. The number of rotatable bonds is 4. The maximum Gasteiger partial charge on any atom is 0.228 e. The summed E-state index contributed by atoms with van der Waals surface area (Å²) in [6, 6.07) is 1.91. The summed E-state index contributed by atoms with van der Waals surface area (Å²) in [6.07, 6.45) is 1.72. The topological polar surface area (TPSA) is 25.4 Å². The molecule has 0 spiro atoms. The van der Waals surface area contributed by atoms with E-state index in [1.165, 1.54) is 0 Å². The summed E-state index contributed by atoms with van der Waals surface area (Å²) in [5.41, 5.74) is 0. The predicted molar refractivity (Wildman–Crippen MR) is 63.7 cm³/mol. The summed E-state index contributed by atoms with van der Waals surface area (Å²) in [7, 11) is 4.01. The molecule has 0 aliphatic carbocycles. The van der Waals surface area contributed by atoms with E-state index in [4.69, 9.17) is 4.74 Å². The van der Waals surface area contributed by atoms with E-state index in [1.54, 1.807) is 6.20 Å². The molecular formula is C9H12Br2N2O. The van der Waals surface area contributed by atoms with E-state index >= 15 is 0 Å². The van der Waals surface area contributed by atoms with Gasteiger partial charge in [-0.2, -0.15) is 0 Å². The van der Waals surface area contributed by atoms with Gasteiger partial charge in [-0.1, -0.05) is 0 Å². The van der Waals surface area contributed by atoms with Crippen LogP contribution in [0.15, 0.2) is 21.2 Å². The first-order valence-electron chi connectivity index (χ1n) is 4.18. The predicted octanol–water partition coefficient (Wildman–Crippen LogP) is 2.55. The van der Waals surface area contributed by atoms with Crippen molar-refractivity contribution in [2.24, 2.45) is 0 Å². The molecule has 0 atom stereocenters. The monoisotopic (exact) mass is 322 g/mol. The Bertz CT molecular complexity index is 305. The molecule has 14 heavy (non-hydrogen) atoms. The maximum atomic E-state index is 5.48. The Kier molecular flexibility index (Phi) is 4.84. The van der Waals surface area contributed by atoms with Gasteiger partial charge in [0.05, 0.1) is 4.47 Å². The number of likely N-dealkylation sites (N-methyl/N-ethyl adjacent to an activating group) is 1. The van der Waals surface area contributed by atoms with E-state index in [0.717, 1.165) is 15.5 Å². The van der Waals surface area contributed by atoms with Gasteiger partial charge in [0.2, 0.25) is 5.88 Å². The molecular weight excluding hydrogens is 312 g/mol. The summed E-state index contributed by atoms with van der Waals surface area (Å²) < 4.78 is 7.28. The van der Waals surface area contributed by atoms with Gasteiger partial charge < -0.3 is 9.64 Å². The van der Waals surface area contributed by atoms with Crippen LogP contribution in [-0.4, -0.2) is 37.1 Å². The van der Waals surface area contributed by atoms with Crippen molar-refractivity contribution < 1.29 is 4.74 Å². The summed E-state index contributed by atoms with van der Waals surface area (Å²) in [5, 5.41) is 0. The SMILES string of the molecule is CN(C)CCOc1ncc(Br)cc1Br. The lowest BCUT2D eigenvalue weighted by molar-refractivity contribution is 0.252. The van der Waals surface area contributed by atoms with Crippen molar-refractivity contribution in [1.82, 2.24) is 9.88 Å². The summed E-state index contributed by atoms with van der Waals surface area (Å²) >= 11 is 6.71. The first kappa shape index (κ1) is 11.9. The second-order valence-corrected chi connectivity index (χ2v) is 4.86. The van der Waals surface area contributed by atoms with Crippen LogP contribution in [0.1, 0.15) is 0 Å². The van der Waals surface area contributed by atoms with E-state index < -0.39 is 0 Å². The molecule has 0 saturated heterocycles. The Morgan fingerprint density at radius 1 is 1.43 bits per heavy atom. The average Bonchev–Trinajstić information content (AvgIpc) is 2.08. The lowest BCUT2D eigenvalue weighted by atomic mass is 10.5. The van der Waals surface area contributed by atoms with Crippen LogP contribution in [-0.2, 0) is 0 Å². The fourth-order valence-corrected chi connectivity index (χ4v) is 1.94. The minimum absolute atomic E-state index is 0.634. The molecule has 0 unspecified atom stereocenters. The van der Waals surface area contributed by atoms with Crippen LogP contribution < -0.4 is 4.74 Å². The largest absolute Gasteiger partial charge is 0.476 e. The zero-order chi connectivity index (χ0) is 10.6. The third-order valence-corrected chi connectivity index (χ3v) is 2.55. The highest BCUT2D eigenvalue weighted by molar-refractivity contribution is 9.11. The number of hydrogen-bond donors (Lipinski definition) is 0. The normalized spacial score (nSPS) is 10.6. The van der Waals surface area contributed by atoms with E-state index in [2.05, 4.69) is 41.7 Å². The highest BCUT2D eigenvalue weighted by atomic mass is 79.9. The number of aromatic nitrogens is 1. The first-order chi connectivity index (χ1) is 6.59. The average molecular weight is 324 g/mol. The van der Waals surface area contributed by atoms with Gasteiger partial charge in [0.25, 0.3) is 0 Å². The molecule has 0 amide bonds. The van der Waals surface area contributed by atoms with Crippen LogP contribution >= 0.6 is 31.9 Å². The maximum absolute atomic E-state index is 5.48. The quantitative estimate of drug-likeness (QED) is 0.851. The zero-order valence-electron chi connectivity index (χ0n) is 8.13. The molecule has 5 heteroatoms. The molecule has 0 bridgehead atoms. The lowest BCUT2D eigenvalue weighted by Crippen LogP contribution is -2.19. The van der Waals surface area contributed by atoms with Gasteiger partial charge in [0.1, 0.15) is 6.61 Å². The number of pyridine rings is 1. The fourth-order valence-electron chi connectivity index (χ4n) is 0.833. The Hall–Kier alpha value is -0.130. The third-order valence-electron chi connectivity index (χ3n) is 1.55. The Labute approximate surface area is 101 Å². The first-order valence-corrected chi connectivity index (χ1v) is 5.77. The van der Waals surface area contributed by atoms with E-state index in [0.29, 0.717) is 12.5 Å². The van der Waals surface area contributed by atoms with Gasteiger partial charge in [-0.25, -0.2) is 4.98 Å². The third kappa shape index (κ3) is 3.94. The van der Waals surface area contributed by atoms with Gasteiger partial charge in [0.15, 0.2) is 0 Å². The Balaban J connectivity index is 2.51. The van der Waals surface area contributed by atoms with E-state index in [-0.39, 0.29) is 0 Å². The van der Waals surface area contributed by atoms with Crippen molar-refractivity contribution in [3.8, 4) is 5.88 Å². The van der Waals surface area contributed by atoms with Gasteiger partial charge in [-0.15, -0.1) is 0 Å². The van der Waals surface area contributed by atoms with Crippen molar-refractivity contribution >= 4 is 31.9 Å². The van der Waals surface area contributed by atoms with Gasteiger partial charge in [-0.3, -0.25) is 0 Å². The standard InChI is InChI=1S/C9H12Br2N2O/c1-13(2)3-4-14-9-8(11)5-7(10)6-12-9/h5-6H,3-4H2,1-2H3. The molecule has 0 aliphatic heterocycles. The van der Waals surface area contributed by atoms with Crippen molar-refractivity contribution in [3.63, 3.8) is 0 Å². The van der Waals surface area contributed by atoms with Crippen LogP contribution in [0, 0.1) is 0 Å². The number of halogens is 2. The Morgan fingerprint density at radius 2 is 2.14 bits per heavy atom. The lowest BCUT2D eigenvalue weighted by Gasteiger charge is -2.11. The highest BCUT2D eigenvalue weighted by Gasteiger charge is 2.03. The van der Waals surface area contributed by atoms with Crippen LogP contribution in [0.3, 0.4) is 0 Å². The second-order valence-electron chi connectivity index (χ2n) is 3.09. The minimum Gasteiger partial charge on any atom is -0.476 e. The van der Waals surface area contributed by atoms with Gasteiger partial charge in [-0.05, 0) is 52.0 Å². The van der Waals surface area contributed by atoms with Crippen molar-refractivity contribution in [1.29, 1.82) is 0 Å². The number of hydrogen-bond acceptors (Lipinski definition) is 3. The molecule has 78 valence electrons. The molecule has 0 radical (unpaired) electrons. The van der Waals surface area contributed by atoms with Crippen LogP contribution in [0.4, 0.5) is 0 Å². The van der Waals surface area contributed by atoms with E-state index in [9.17, 15) is 0 Å².